The number of carbonyl (C=O) groups is 1. The van der Waals surface area contributed by atoms with Gasteiger partial charge in [-0.25, -0.2) is 9.36 Å². The molecule has 2 N–H and O–H groups in total. The molecule has 0 radical (unpaired) electrons. The fourth-order valence-corrected chi connectivity index (χ4v) is 3.05. The first-order valence-corrected chi connectivity index (χ1v) is 8.29. The van der Waals surface area contributed by atoms with Crippen LogP contribution in [0.15, 0.2) is 42.5 Å². The number of non-ortho nitro benzene ring substituents is 1. The number of nitro groups is 1. The van der Waals surface area contributed by atoms with Gasteiger partial charge in [0.2, 0.25) is 0 Å². The molecule has 0 unspecified atom stereocenters. The number of ether oxygens (including phenoxy) is 1. The third-order valence-corrected chi connectivity index (χ3v) is 4.25. The van der Waals surface area contributed by atoms with Crippen molar-refractivity contribution < 1.29 is 14.5 Å². The van der Waals surface area contributed by atoms with Crippen molar-refractivity contribution in [3.05, 3.63) is 68.9 Å². The summed E-state index contributed by atoms with van der Waals surface area (Å²) in [6, 6.07) is 11.3. The van der Waals surface area contributed by atoms with Gasteiger partial charge >= 0.3 is 6.09 Å². The quantitative estimate of drug-likeness (QED) is 0.540. The second-order valence-corrected chi connectivity index (χ2v) is 6.10. The Morgan fingerprint density at radius 3 is 2.77 bits per heavy atom. The lowest BCUT2D eigenvalue weighted by molar-refractivity contribution is -0.384. The second-order valence-electron chi connectivity index (χ2n) is 5.66. The SMILES string of the molecule is CCOC(=O)n1c(Cc2cccc([N+](=O)[O-])c2)c(N)c2ccc(Cl)cc21. The summed E-state index contributed by atoms with van der Waals surface area (Å²) in [5, 5.41) is 12.1. The van der Waals surface area contributed by atoms with Gasteiger partial charge in [0.15, 0.2) is 0 Å². The van der Waals surface area contributed by atoms with Crippen LogP contribution >= 0.6 is 11.6 Å². The molecular formula is C18H16ClN3O4. The molecule has 1 aromatic heterocycles. The fourth-order valence-electron chi connectivity index (χ4n) is 2.88. The minimum Gasteiger partial charge on any atom is -0.449 e. The molecule has 8 heteroatoms. The van der Waals surface area contributed by atoms with Crippen molar-refractivity contribution in [2.24, 2.45) is 0 Å². The van der Waals surface area contributed by atoms with Gasteiger partial charge in [-0.05, 0) is 30.7 Å². The first-order valence-electron chi connectivity index (χ1n) is 7.91. The van der Waals surface area contributed by atoms with E-state index in [0.29, 0.717) is 32.9 Å². The molecular weight excluding hydrogens is 358 g/mol. The number of fused-ring (bicyclic) bond motifs is 1. The number of nitrogens with zero attached hydrogens (tertiary/aromatic N) is 2. The van der Waals surface area contributed by atoms with Gasteiger partial charge in [-0.2, -0.15) is 0 Å². The molecule has 0 bridgehead atoms. The molecule has 0 aliphatic rings. The van der Waals surface area contributed by atoms with E-state index in [1.165, 1.54) is 16.7 Å². The van der Waals surface area contributed by atoms with Gasteiger partial charge in [0.25, 0.3) is 5.69 Å². The Balaban J connectivity index is 2.16. The number of hydrogen-bond acceptors (Lipinski definition) is 5. The predicted octanol–water partition coefficient (Wildman–Crippen LogP) is 4.38. The maximum absolute atomic E-state index is 12.5. The standard InChI is InChI=1S/C18H16ClN3O4/c1-2-26-18(23)21-15-10-12(19)6-7-14(15)17(20)16(21)9-11-4-3-5-13(8-11)22(24)25/h3-8,10H,2,9,20H2,1H3. The highest BCUT2D eigenvalue weighted by atomic mass is 35.5. The molecule has 134 valence electrons. The first kappa shape index (κ1) is 17.8. The molecule has 0 spiro atoms. The number of rotatable bonds is 4. The first-order chi connectivity index (χ1) is 12.4. The van der Waals surface area contributed by atoms with E-state index in [4.69, 9.17) is 22.1 Å². The largest absolute Gasteiger partial charge is 0.449 e. The van der Waals surface area contributed by atoms with E-state index in [2.05, 4.69) is 0 Å². The fraction of sp³-hybridized carbons (Fsp3) is 0.167. The van der Waals surface area contributed by atoms with Gasteiger partial charge in [-0.15, -0.1) is 0 Å². The van der Waals surface area contributed by atoms with Crippen LogP contribution in [0, 0.1) is 10.1 Å². The van der Waals surface area contributed by atoms with Gasteiger partial charge in [0, 0.05) is 29.0 Å². The maximum Gasteiger partial charge on any atom is 0.418 e. The van der Waals surface area contributed by atoms with E-state index in [9.17, 15) is 14.9 Å². The third-order valence-electron chi connectivity index (χ3n) is 4.02. The van der Waals surface area contributed by atoms with Gasteiger partial charge in [-0.1, -0.05) is 23.7 Å². The van der Waals surface area contributed by atoms with Crippen LogP contribution in [0.2, 0.25) is 5.02 Å². The minimum atomic E-state index is -0.572. The topological polar surface area (TPSA) is 100 Å². The van der Waals surface area contributed by atoms with Crippen molar-refractivity contribution in [2.75, 3.05) is 12.3 Å². The summed E-state index contributed by atoms with van der Waals surface area (Å²) >= 11 is 6.07. The number of carbonyl (C=O) groups excluding carboxylic acids is 1. The van der Waals surface area contributed by atoms with Crippen molar-refractivity contribution in [3.63, 3.8) is 0 Å². The molecule has 0 atom stereocenters. The lowest BCUT2D eigenvalue weighted by Crippen LogP contribution is -2.17. The number of benzene rings is 2. The highest BCUT2D eigenvalue weighted by molar-refractivity contribution is 6.31. The molecule has 0 saturated carbocycles. The van der Waals surface area contributed by atoms with E-state index in [1.807, 2.05) is 0 Å². The third kappa shape index (κ3) is 3.21. The van der Waals surface area contributed by atoms with Gasteiger partial charge in [0.05, 0.1) is 28.4 Å². The monoisotopic (exact) mass is 373 g/mol. The predicted molar refractivity (Wildman–Crippen MR) is 99.7 cm³/mol. The van der Waals surface area contributed by atoms with Crippen LogP contribution in [0.3, 0.4) is 0 Å². The molecule has 2 aromatic carbocycles. The van der Waals surface area contributed by atoms with Gasteiger partial charge < -0.3 is 10.5 Å². The zero-order valence-electron chi connectivity index (χ0n) is 13.9. The summed E-state index contributed by atoms with van der Waals surface area (Å²) < 4.78 is 6.52. The van der Waals surface area contributed by atoms with Crippen molar-refractivity contribution in [1.29, 1.82) is 0 Å². The molecule has 0 fully saturated rings. The molecule has 0 aliphatic carbocycles. The van der Waals surface area contributed by atoms with Crippen molar-refractivity contribution in [1.82, 2.24) is 4.57 Å². The lowest BCUT2D eigenvalue weighted by atomic mass is 10.1. The van der Waals surface area contributed by atoms with Crippen LogP contribution in [0.4, 0.5) is 16.2 Å². The Bertz CT molecular complexity index is 1010. The number of nitrogen functional groups attached to an aromatic ring is 1. The Hall–Kier alpha value is -3.06. The van der Waals surface area contributed by atoms with E-state index in [0.717, 1.165) is 0 Å². The van der Waals surface area contributed by atoms with Crippen molar-refractivity contribution in [2.45, 2.75) is 13.3 Å². The summed E-state index contributed by atoms with van der Waals surface area (Å²) in [4.78, 5) is 23.0. The minimum absolute atomic E-state index is 0.0251. The zero-order chi connectivity index (χ0) is 18.8. The Kier molecular flexibility index (Phi) is 4.81. The van der Waals surface area contributed by atoms with E-state index in [1.54, 1.807) is 37.3 Å². The highest BCUT2D eigenvalue weighted by Gasteiger charge is 2.21. The average Bonchev–Trinajstić information content (AvgIpc) is 2.87. The van der Waals surface area contributed by atoms with Crippen LogP contribution in [0.5, 0.6) is 0 Å². The Morgan fingerprint density at radius 2 is 2.08 bits per heavy atom. The van der Waals surface area contributed by atoms with E-state index >= 15 is 0 Å². The van der Waals surface area contributed by atoms with Crippen molar-refractivity contribution in [3.8, 4) is 0 Å². The van der Waals surface area contributed by atoms with Crippen LogP contribution in [0.1, 0.15) is 18.2 Å². The molecule has 26 heavy (non-hydrogen) atoms. The van der Waals surface area contributed by atoms with Crippen molar-refractivity contribution >= 4 is 40.0 Å². The van der Waals surface area contributed by atoms with Gasteiger partial charge in [-0.3, -0.25) is 10.1 Å². The number of halogens is 1. The number of anilines is 1. The molecule has 0 amide bonds. The van der Waals surface area contributed by atoms with Crippen LogP contribution in [-0.4, -0.2) is 22.2 Å². The van der Waals surface area contributed by atoms with Crippen LogP contribution in [-0.2, 0) is 11.2 Å². The Morgan fingerprint density at radius 1 is 1.31 bits per heavy atom. The number of nitrogens with two attached hydrogens (primary N) is 1. The Labute approximate surface area is 154 Å². The van der Waals surface area contributed by atoms with Gasteiger partial charge in [0.1, 0.15) is 0 Å². The summed E-state index contributed by atoms with van der Waals surface area (Å²) in [6.45, 7) is 1.91. The summed E-state index contributed by atoms with van der Waals surface area (Å²) in [5.74, 6) is 0. The average molecular weight is 374 g/mol. The molecule has 0 aliphatic heterocycles. The number of aromatic nitrogens is 1. The molecule has 3 aromatic rings. The smallest absolute Gasteiger partial charge is 0.418 e. The van der Waals surface area contributed by atoms with E-state index in [-0.39, 0.29) is 18.7 Å². The second kappa shape index (κ2) is 7.05. The lowest BCUT2D eigenvalue weighted by Gasteiger charge is -2.10. The maximum atomic E-state index is 12.5. The summed E-state index contributed by atoms with van der Waals surface area (Å²) in [6.07, 6.45) is -0.338. The summed E-state index contributed by atoms with van der Waals surface area (Å²) in [7, 11) is 0. The molecule has 3 rings (SSSR count). The number of hydrogen-bond donors (Lipinski definition) is 1. The molecule has 0 saturated heterocycles. The molecule has 7 nitrogen and oxygen atoms in total. The van der Waals surface area contributed by atoms with E-state index < -0.39 is 11.0 Å². The zero-order valence-corrected chi connectivity index (χ0v) is 14.7. The molecule has 1 heterocycles. The highest BCUT2D eigenvalue weighted by Crippen LogP contribution is 2.32. The number of nitro benzene ring substituents is 1. The van der Waals surface area contributed by atoms with Crippen LogP contribution < -0.4 is 5.73 Å². The summed E-state index contributed by atoms with van der Waals surface area (Å²) in [5.41, 5.74) is 8.35. The van der Waals surface area contributed by atoms with Crippen LogP contribution in [0.25, 0.3) is 10.9 Å². The normalized spacial score (nSPS) is 10.8.